The summed E-state index contributed by atoms with van der Waals surface area (Å²) in [5.74, 6) is 0.518. The van der Waals surface area contributed by atoms with Gasteiger partial charge in [0.15, 0.2) is 0 Å². The van der Waals surface area contributed by atoms with Crippen LogP contribution in [0.1, 0.15) is 11.1 Å². The van der Waals surface area contributed by atoms with Gasteiger partial charge in [-0.25, -0.2) is 4.39 Å². The first-order chi connectivity index (χ1) is 12.2. The number of aliphatic hydroxyl groups excluding tert-OH is 1. The molecule has 5 heteroatoms. The Morgan fingerprint density at radius 3 is 2.68 bits per heavy atom. The van der Waals surface area contributed by atoms with Crippen molar-refractivity contribution in [2.45, 2.75) is 13.1 Å². The first-order valence-corrected chi connectivity index (χ1v) is 8.19. The zero-order valence-electron chi connectivity index (χ0n) is 14.2. The van der Waals surface area contributed by atoms with E-state index in [1.54, 1.807) is 19.4 Å². The predicted molar refractivity (Wildman–Crippen MR) is 95.9 cm³/mol. The molecule has 0 saturated heterocycles. The monoisotopic (exact) mass is 340 g/mol. The number of hydrogen-bond acceptors (Lipinski definition) is 4. The first-order valence-electron chi connectivity index (χ1n) is 8.19. The second kappa shape index (κ2) is 8.05. The minimum atomic E-state index is -0.281. The molecule has 0 atom stereocenters. The van der Waals surface area contributed by atoms with Crippen molar-refractivity contribution >= 4 is 10.9 Å². The van der Waals surface area contributed by atoms with Crippen molar-refractivity contribution in [3.8, 4) is 5.75 Å². The van der Waals surface area contributed by atoms with Crippen LogP contribution in [0.3, 0.4) is 0 Å². The summed E-state index contributed by atoms with van der Waals surface area (Å²) in [5, 5.41) is 10.2. The maximum Gasteiger partial charge on any atom is 0.124 e. The molecule has 0 fully saturated rings. The average Bonchev–Trinajstić information content (AvgIpc) is 2.62. The summed E-state index contributed by atoms with van der Waals surface area (Å²) in [7, 11) is 1.64. The van der Waals surface area contributed by atoms with Crippen molar-refractivity contribution < 1.29 is 14.2 Å². The van der Waals surface area contributed by atoms with E-state index in [4.69, 9.17) is 4.74 Å². The Hall–Kier alpha value is -2.50. The number of hydrogen-bond donors (Lipinski definition) is 1. The maximum atomic E-state index is 14.0. The summed E-state index contributed by atoms with van der Waals surface area (Å²) in [6.07, 6.45) is 1.71. The van der Waals surface area contributed by atoms with Crippen LogP contribution in [-0.4, -0.2) is 35.3 Å². The minimum Gasteiger partial charge on any atom is -0.496 e. The number of para-hydroxylation sites is 1. The van der Waals surface area contributed by atoms with Gasteiger partial charge in [0.25, 0.3) is 0 Å². The fraction of sp³-hybridized carbons (Fsp3) is 0.250. The van der Waals surface area contributed by atoms with Crippen LogP contribution in [0.15, 0.2) is 54.7 Å². The normalized spacial score (nSPS) is 11.2. The Bertz CT molecular complexity index is 854. The van der Waals surface area contributed by atoms with E-state index in [0.29, 0.717) is 19.6 Å². The van der Waals surface area contributed by atoms with Crippen molar-refractivity contribution in [2.24, 2.45) is 0 Å². The molecule has 25 heavy (non-hydrogen) atoms. The van der Waals surface area contributed by atoms with Crippen molar-refractivity contribution in [1.82, 2.24) is 9.88 Å². The van der Waals surface area contributed by atoms with Crippen LogP contribution in [-0.2, 0) is 13.1 Å². The molecule has 0 radical (unpaired) electrons. The molecule has 1 N–H and O–H groups in total. The van der Waals surface area contributed by atoms with Crippen LogP contribution in [0, 0.1) is 5.82 Å². The number of benzene rings is 2. The number of fused-ring (bicyclic) bond motifs is 1. The molecule has 3 aromatic rings. The van der Waals surface area contributed by atoms with Gasteiger partial charge in [-0.15, -0.1) is 0 Å². The maximum absolute atomic E-state index is 14.0. The van der Waals surface area contributed by atoms with Gasteiger partial charge in [-0.05, 0) is 29.8 Å². The lowest BCUT2D eigenvalue weighted by molar-refractivity contribution is 0.183. The molecular formula is C20H21FN2O2. The molecular weight excluding hydrogens is 319 g/mol. The number of halogens is 1. The third kappa shape index (κ3) is 4.13. The Balaban J connectivity index is 1.90. The zero-order chi connectivity index (χ0) is 17.6. The highest BCUT2D eigenvalue weighted by Gasteiger charge is 2.13. The summed E-state index contributed by atoms with van der Waals surface area (Å²) >= 11 is 0. The van der Waals surface area contributed by atoms with Gasteiger partial charge < -0.3 is 9.84 Å². The molecule has 0 saturated carbocycles. The molecule has 1 aromatic heterocycles. The third-order valence-corrected chi connectivity index (χ3v) is 4.15. The van der Waals surface area contributed by atoms with Crippen LogP contribution in [0.2, 0.25) is 0 Å². The molecule has 2 aromatic carbocycles. The lowest BCUT2D eigenvalue weighted by Gasteiger charge is -2.23. The number of aromatic nitrogens is 1. The highest BCUT2D eigenvalue weighted by Crippen LogP contribution is 2.23. The SMILES string of the molecule is COc1ccccc1CN(CCO)Cc1cc(F)cc2cccnc12. The van der Waals surface area contributed by atoms with Crippen molar-refractivity contribution in [2.75, 3.05) is 20.3 Å². The first kappa shape index (κ1) is 17.3. The van der Waals surface area contributed by atoms with Gasteiger partial charge in [0.05, 0.1) is 19.2 Å². The van der Waals surface area contributed by atoms with E-state index in [0.717, 1.165) is 27.8 Å². The van der Waals surface area contributed by atoms with Crippen LogP contribution in [0.25, 0.3) is 10.9 Å². The zero-order valence-corrected chi connectivity index (χ0v) is 14.2. The molecule has 1 heterocycles. The topological polar surface area (TPSA) is 45.6 Å². The van der Waals surface area contributed by atoms with E-state index in [2.05, 4.69) is 9.88 Å². The van der Waals surface area contributed by atoms with Crippen molar-refractivity contribution in [3.05, 3.63) is 71.7 Å². The molecule has 0 amide bonds. The van der Waals surface area contributed by atoms with Gasteiger partial charge in [0, 0.05) is 36.8 Å². The molecule has 0 unspecified atom stereocenters. The summed E-state index contributed by atoms with van der Waals surface area (Å²) in [4.78, 5) is 6.45. The van der Waals surface area contributed by atoms with Gasteiger partial charge in [-0.3, -0.25) is 9.88 Å². The minimum absolute atomic E-state index is 0.0236. The van der Waals surface area contributed by atoms with Crippen LogP contribution < -0.4 is 4.74 Å². The number of aliphatic hydroxyl groups is 1. The lowest BCUT2D eigenvalue weighted by Crippen LogP contribution is -2.26. The van der Waals surface area contributed by atoms with Gasteiger partial charge in [-0.1, -0.05) is 24.3 Å². The highest BCUT2D eigenvalue weighted by molar-refractivity contribution is 5.81. The quantitative estimate of drug-likeness (QED) is 0.716. The fourth-order valence-electron chi connectivity index (χ4n) is 3.02. The number of nitrogens with zero attached hydrogens (tertiary/aromatic N) is 2. The summed E-state index contributed by atoms with van der Waals surface area (Å²) in [6.45, 7) is 1.58. The largest absolute Gasteiger partial charge is 0.496 e. The Morgan fingerprint density at radius 1 is 1.08 bits per heavy atom. The average molecular weight is 340 g/mol. The van der Waals surface area contributed by atoms with Crippen LogP contribution >= 0.6 is 0 Å². The van der Waals surface area contributed by atoms with Gasteiger partial charge in [-0.2, -0.15) is 0 Å². The molecule has 0 aliphatic heterocycles. The van der Waals surface area contributed by atoms with E-state index in [9.17, 15) is 9.50 Å². The fourth-order valence-corrected chi connectivity index (χ4v) is 3.02. The predicted octanol–water partition coefficient (Wildman–Crippen LogP) is 3.38. The second-order valence-corrected chi connectivity index (χ2v) is 5.89. The van der Waals surface area contributed by atoms with Gasteiger partial charge in [0.2, 0.25) is 0 Å². The summed E-state index contributed by atoms with van der Waals surface area (Å²) in [5.41, 5.74) is 2.61. The van der Waals surface area contributed by atoms with E-state index < -0.39 is 0 Å². The van der Waals surface area contributed by atoms with Crippen molar-refractivity contribution in [1.29, 1.82) is 0 Å². The second-order valence-electron chi connectivity index (χ2n) is 5.89. The Morgan fingerprint density at radius 2 is 1.88 bits per heavy atom. The Kier molecular flexibility index (Phi) is 5.58. The molecule has 3 rings (SSSR count). The molecule has 0 bridgehead atoms. The number of ether oxygens (including phenoxy) is 1. The highest BCUT2D eigenvalue weighted by atomic mass is 19.1. The molecule has 0 aliphatic carbocycles. The Labute approximate surface area is 146 Å². The number of pyridine rings is 1. The van der Waals surface area contributed by atoms with E-state index in [1.165, 1.54) is 12.1 Å². The number of methoxy groups -OCH3 is 1. The molecule has 4 nitrogen and oxygen atoms in total. The molecule has 0 spiro atoms. The third-order valence-electron chi connectivity index (χ3n) is 4.15. The van der Waals surface area contributed by atoms with Crippen molar-refractivity contribution in [3.63, 3.8) is 0 Å². The molecule has 0 aliphatic rings. The van der Waals surface area contributed by atoms with Crippen LogP contribution in [0.4, 0.5) is 4.39 Å². The lowest BCUT2D eigenvalue weighted by atomic mass is 10.1. The standard InChI is InChI=1S/C20H21FN2O2/c1-25-19-7-3-2-5-16(19)13-23(9-10-24)14-17-12-18(21)11-15-6-4-8-22-20(15)17/h2-8,11-12,24H,9-10,13-14H2,1H3. The summed E-state index contributed by atoms with van der Waals surface area (Å²) in [6, 6.07) is 14.4. The van der Waals surface area contributed by atoms with E-state index in [-0.39, 0.29) is 12.4 Å². The van der Waals surface area contributed by atoms with E-state index in [1.807, 2.05) is 30.3 Å². The van der Waals surface area contributed by atoms with Crippen LogP contribution in [0.5, 0.6) is 5.75 Å². The summed E-state index contributed by atoms with van der Waals surface area (Å²) < 4.78 is 19.4. The van der Waals surface area contributed by atoms with E-state index >= 15 is 0 Å². The molecule has 130 valence electrons. The smallest absolute Gasteiger partial charge is 0.124 e. The number of rotatable bonds is 7. The van der Waals surface area contributed by atoms with Gasteiger partial charge >= 0.3 is 0 Å². The van der Waals surface area contributed by atoms with Gasteiger partial charge in [0.1, 0.15) is 11.6 Å².